The molecule has 4 nitrogen and oxygen atoms in total. The fourth-order valence-electron chi connectivity index (χ4n) is 2.64. The summed E-state index contributed by atoms with van der Waals surface area (Å²) >= 11 is 0. The van der Waals surface area contributed by atoms with Crippen LogP contribution < -0.4 is 14.8 Å². The van der Waals surface area contributed by atoms with E-state index >= 15 is 0 Å². The maximum absolute atomic E-state index is 12.6. The maximum atomic E-state index is 12.6. The average molecular weight is 349 g/mol. The van der Waals surface area contributed by atoms with Gasteiger partial charge in [0.1, 0.15) is 11.5 Å². The first kappa shape index (κ1) is 18.7. The molecule has 0 fully saturated rings. The fraction of sp³-hybridized carbons (Fsp3) is 0.316. The molecule has 0 bridgehead atoms. The first-order valence-electron chi connectivity index (χ1n) is 8.00. The molecule has 0 heterocycles. The monoisotopic (exact) mass is 349 g/mol. The third-order valence-electron chi connectivity index (χ3n) is 3.80. The predicted molar refractivity (Wildman–Crippen MR) is 90.9 cm³/mol. The van der Waals surface area contributed by atoms with Crippen LogP contribution in [0, 0.1) is 0 Å². The number of para-hydroxylation sites is 2. The van der Waals surface area contributed by atoms with Crippen LogP contribution in [0.5, 0.6) is 11.5 Å². The molecule has 6 heteroatoms. The number of ether oxygens (including phenoxy) is 2. The van der Waals surface area contributed by atoms with E-state index in [9.17, 15) is 13.6 Å². The molecule has 0 saturated carbocycles. The Balaban J connectivity index is 2.13. The number of hydrogen-bond acceptors (Lipinski definition) is 3. The highest BCUT2D eigenvalue weighted by molar-refractivity contribution is 5.79. The van der Waals surface area contributed by atoms with Crippen molar-refractivity contribution in [1.82, 2.24) is 5.32 Å². The van der Waals surface area contributed by atoms with Gasteiger partial charge in [0.25, 0.3) is 0 Å². The zero-order chi connectivity index (χ0) is 18.2. The van der Waals surface area contributed by atoms with E-state index in [1.165, 1.54) is 6.07 Å². The lowest BCUT2D eigenvalue weighted by Crippen LogP contribution is -2.30. The number of carbonyl (C=O) groups excluding carboxylic acids is 1. The second-order valence-electron chi connectivity index (χ2n) is 5.43. The summed E-state index contributed by atoms with van der Waals surface area (Å²) in [5, 5.41) is 2.88. The van der Waals surface area contributed by atoms with E-state index in [2.05, 4.69) is 10.1 Å². The Morgan fingerprint density at radius 3 is 2.36 bits per heavy atom. The van der Waals surface area contributed by atoms with Gasteiger partial charge in [0.15, 0.2) is 0 Å². The molecule has 134 valence electrons. The van der Waals surface area contributed by atoms with E-state index in [4.69, 9.17) is 4.74 Å². The van der Waals surface area contributed by atoms with E-state index in [1.54, 1.807) is 31.4 Å². The van der Waals surface area contributed by atoms with Crippen LogP contribution in [0.25, 0.3) is 0 Å². The largest absolute Gasteiger partial charge is 0.496 e. The summed E-state index contributed by atoms with van der Waals surface area (Å²) in [6.45, 7) is -1.05. The summed E-state index contributed by atoms with van der Waals surface area (Å²) < 4.78 is 35.0. The number of rotatable bonds is 8. The van der Waals surface area contributed by atoms with E-state index in [0.717, 1.165) is 5.56 Å². The molecule has 2 rings (SSSR count). The summed E-state index contributed by atoms with van der Waals surface area (Å²) in [7, 11) is 1.55. The molecular formula is C19H21F2NO3. The van der Waals surface area contributed by atoms with Crippen LogP contribution in [0.4, 0.5) is 8.78 Å². The Kier molecular flexibility index (Phi) is 6.74. The molecule has 0 spiro atoms. The highest BCUT2D eigenvalue weighted by Gasteiger charge is 2.19. The number of hydrogen-bond donors (Lipinski definition) is 1. The number of amides is 1. The fourth-order valence-corrected chi connectivity index (χ4v) is 2.64. The summed E-state index contributed by atoms with van der Waals surface area (Å²) in [5.74, 6) is 0.484. The lowest BCUT2D eigenvalue weighted by Gasteiger charge is -2.21. The lowest BCUT2D eigenvalue weighted by atomic mass is 10.0. The average Bonchev–Trinajstić information content (AvgIpc) is 2.60. The van der Waals surface area contributed by atoms with Gasteiger partial charge in [0.05, 0.1) is 19.6 Å². The molecule has 0 aliphatic heterocycles. The number of methoxy groups -OCH3 is 1. The number of benzene rings is 2. The van der Waals surface area contributed by atoms with Crippen LogP contribution in [-0.2, 0) is 11.2 Å². The van der Waals surface area contributed by atoms with Crippen LogP contribution in [0.3, 0.4) is 0 Å². The standard InChI is InChI=1S/C19H21F2NO3/c1-3-15(14-9-5-7-11-17(14)25-19(20)21)22-18(23)12-13-8-4-6-10-16(13)24-2/h4-11,15,19H,3,12H2,1-2H3,(H,22,23)/t15-/m1/s1. The second kappa shape index (κ2) is 9.01. The van der Waals surface area contributed by atoms with Crippen molar-refractivity contribution in [3.63, 3.8) is 0 Å². The van der Waals surface area contributed by atoms with Gasteiger partial charge in [0, 0.05) is 11.1 Å². The minimum atomic E-state index is -2.91. The van der Waals surface area contributed by atoms with Crippen LogP contribution in [0.2, 0.25) is 0 Å². The van der Waals surface area contributed by atoms with Gasteiger partial charge in [-0.05, 0) is 18.6 Å². The van der Waals surface area contributed by atoms with E-state index < -0.39 is 12.7 Å². The predicted octanol–water partition coefficient (Wildman–Crippen LogP) is 4.11. The van der Waals surface area contributed by atoms with E-state index in [1.807, 2.05) is 25.1 Å². The van der Waals surface area contributed by atoms with Crippen molar-refractivity contribution in [2.24, 2.45) is 0 Å². The van der Waals surface area contributed by atoms with Crippen LogP contribution >= 0.6 is 0 Å². The Labute approximate surface area is 145 Å². The molecule has 1 amide bonds. The molecule has 0 aliphatic rings. The summed E-state index contributed by atoms with van der Waals surface area (Å²) in [4.78, 5) is 12.4. The van der Waals surface area contributed by atoms with Crippen LogP contribution in [0.1, 0.15) is 30.5 Å². The van der Waals surface area contributed by atoms with Crippen molar-refractivity contribution in [2.45, 2.75) is 32.4 Å². The van der Waals surface area contributed by atoms with E-state index in [-0.39, 0.29) is 18.1 Å². The van der Waals surface area contributed by atoms with Gasteiger partial charge in [-0.2, -0.15) is 8.78 Å². The molecule has 1 atom stereocenters. The lowest BCUT2D eigenvalue weighted by molar-refractivity contribution is -0.121. The van der Waals surface area contributed by atoms with Crippen molar-refractivity contribution in [3.8, 4) is 11.5 Å². The molecule has 0 radical (unpaired) electrons. The minimum absolute atomic E-state index is 0.0712. The molecule has 0 aromatic heterocycles. The SMILES string of the molecule is CC[C@@H](NC(=O)Cc1ccccc1OC)c1ccccc1OC(F)F. The quantitative estimate of drug-likeness (QED) is 0.780. The van der Waals surface area contributed by atoms with Gasteiger partial charge in [-0.25, -0.2) is 0 Å². The Morgan fingerprint density at radius 2 is 1.72 bits per heavy atom. The summed E-state index contributed by atoms with van der Waals surface area (Å²) in [5.41, 5.74) is 1.29. The maximum Gasteiger partial charge on any atom is 0.387 e. The molecule has 25 heavy (non-hydrogen) atoms. The minimum Gasteiger partial charge on any atom is -0.496 e. The normalized spacial score (nSPS) is 11.9. The molecule has 2 aromatic rings. The van der Waals surface area contributed by atoms with Gasteiger partial charge < -0.3 is 14.8 Å². The third kappa shape index (κ3) is 5.17. The van der Waals surface area contributed by atoms with Crippen LogP contribution in [-0.4, -0.2) is 19.6 Å². The number of nitrogens with one attached hydrogen (secondary N) is 1. The van der Waals surface area contributed by atoms with Crippen molar-refractivity contribution in [1.29, 1.82) is 0 Å². The highest BCUT2D eigenvalue weighted by atomic mass is 19.3. The zero-order valence-electron chi connectivity index (χ0n) is 14.2. The number of carbonyl (C=O) groups is 1. The van der Waals surface area contributed by atoms with E-state index in [0.29, 0.717) is 17.7 Å². The first-order chi connectivity index (χ1) is 12.0. The smallest absolute Gasteiger partial charge is 0.387 e. The molecular weight excluding hydrogens is 328 g/mol. The molecule has 0 saturated heterocycles. The van der Waals surface area contributed by atoms with Crippen molar-refractivity contribution >= 4 is 5.91 Å². The molecule has 0 aliphatic carbocycles. The Bertz CT molecular complexity index is 707. The zero-order valence-corrected chi connectivity index (χ0v) is 14.2. The first-order valence-corrected chi connectivity index (χ1v) is 8.00. The Hall–Kier alpha value is -2.63. The highest BCUT2D eigenvalue weighted by Crippen LogP contribution is 2.28. The van der Waals surface area contributed by atoms with Crippen molar-refractivity contribution in [2.75, 3.05) is 7.11 Å². The van der Waals surface area contributed by atoms with Gasteiger partial charge in [0.2, 0.25) is 5.91 Å². The van der Waals surface area contributed by atoms with Crippen LogP contribution in [0.15, 0.2) is 48.5 Å². The number of alkyl halides is 2. The molecule has 2 aromatic carbocycles. The second-order valence-corrected chi connectivity index (χ2v) is 5.43. The molecule has 1 N–H and O–H groups in total. The topological polar surface area (TPSA) is 47.6 Å². The van der Waals surface area contributed by atoms with Crippen molar-refractivity contribution < 1.29 is 23.0 Å². The van der Waals surface area contributed by atoms with Gasteiger partial charge in [-0.15, -0.1) is 0 Å². The van der Waals surface area contributed by atoms with Gasteiger partial charge >= 0.3 is 6.61 Å². The van der Waals surface area contributed by atoms with Gasteiger partial charge in [-0.1, -0.05) is 43.3 Å². The summed E-state index contributed by atoms with van der Waals surface area (Å²) in [6, 6.07) is 13.3. The number of halogens is 2. The van der Waals surface area contributed by atoms with Crippen molar-refractivity contribution in [3.05, 3.63) is 59.7 Å². The third-order valence-corrected chi connectivity index (χ3v) is 3.80. The molecule has 0 unspecified atom stereocenters. The Morgan fingerprint density at radius 1 is 1.08 bits per heavy atom. The summed E-state index contributed by atoms with van der Waals surface area (Å²) in [6.07, 6.45) is 0.680. The van der Waals surface area contributed by atoms with Gasteiger partial charge in [-0.3, -0.25) is 4.79 Å².